The van der Waals surface area contributed by atoms with Gasteiger partial charge in [0, 0.05) is 31.2 Å². The van der Waals surface area contributed by atoms with E-state index in [9.17, 15) is 4.79 Å². The molecule has 0 aliphatic carbocycles. The molecule has 29 heavy (non-hydrogen) atoms. The number of aryl methyl sites for hydroxylation is 2. The second kappa shape index (κ2) is 8.38. The van der Waals surface area contributed by atoms with E-state index in [1.165, 1.54) is 6.33 Å². The van der Waals surface area contributed by atoms with Gasteiger partial charge in [-0.3, -0.25) is 9.48 Å². The molecule has 1 aliphatic rings. The molecule has 1 N–H and O–H groups in total. The number of carbonyl (C=O) groups excluding carboxylic acids is 1. The van der Waals surface area contributed by atoms with Crippen LogP contribution in [0.2, 0.25) is 0 Å². The molecule has 1 aliphatic heterocycles. The van der Waals surface area contributed by atoms with Crippen molar-refractivity contribution in [3.63, 3.8) is 0 Å². The minimum absolute atomic E-state index is 0.0362. The molecule has 1 amide bonds. The minimum atomic E-state index is 0.0362. The van der Waals surface area contributed by atoms with Crippen molar-refractivity contribution in [3.8, 4) is 5.82 Å². The minimum Gasteiger partial charge on any atom is -0.355 e. The lowest BCUT2D eigenvalue weighted by atomic mass is 9.96. The third kappa shape index (κ3) is 4.41. The topological polar surface area (TPSA) is 107 Å². The van der Waals surface area contributed by atoms with Crippen LogP contribution in [0.3, 0.4) is 0 Å². The summed E-state index contributed by atoms with van der Waals surface area (Å²) in [5.74, 6) is 1.60. The molecule has 10 nitrogen and oxygen atoms in total. The average molecular weight is 395 g/mol. The molecule has 0 radical (unpaired) electrons. The van der Waals surface area contributed by atoms with Gasteiger partial charge in [0.2, 0.25) is 5.91 Å². The lowest BCUT2D eigenvalue weighted by Crippen LogP contribution is -2.41. The van der Waals surface area contributed by atoms with Crippen LogP contribution in [0.4, 0.5) is 5.82 Å². The van der Waals surface area contributed by atoms with Crippen LogP contribution in [0.25, 0.3) is 5.82 Å². The number of carbonyl (C=O) groups is 1. The summed E-state index contributed by atoms with van der Waals surface area (Å²) >= 11 is 0. The predicted octanol–water partition coefficient (Wildman–Crippen LogP) is 0.903. The highest BCUT2D eigenvalue weighted by Crippen LogP contribution is 2.22. The van der Waals surface area contributed by atoms with Crippen molar-refractivity contribution in [1.82, 2.24) is 40.1 Å². The second-order valence-corrected chi connectivity index (χ2v) is 7.29. The zero-order valence-corrected chi connectivity index (χ0v) is 16.7. The van der Waals surface area contributed by atoms with E-state index in [-0.39, 0.29) is 11.8 Å². The fraction of sp³-hybridized carbons (Fsp3) is 0.474. The van der Waals surface area contributed by atoms with Gasteiger partial charge >= 0.3 is 0 Å². The Morgan fingerprint density at radius 3 is 2.55 bits per heavy atom. The molecule has 0 saturated carbocycles. The summed E-state index contributed by atoms with van der Waals surface area (Å²) in [6, 6.07) is 5.84. The van der Waals surface area contributed by atoms with Gasteiger partial charge in [0.25, 0.3) is 0 Å². The summed E-state index contributed by atoms with van der Waals surface area (Å²) in [6.07, 6.45) is 4.65. The van der Waals surface area contributed by atoms with Gasteiger partial charge < -0.3 is 10.2 Å². The molecular weight excluding hydrogens is 370 g/mol. The molecule has 0 bridgehead atoms. The third-order valence-corrected chi connectivity index (χ3v) is 5.21. The van der Waals surface area contributed by atoms with Gasteiger partial charge in [0.15, 0.2) is 11.6 Å². The summed E-state index contributed by atoms with van der Waals surface area (Å²) in [7, 11) is 0. The molecule has 1 saturated heterocycles. The molecule has 4 heterocycles. The quantitative estimate of drug-likeness (QED) is 0.661. The van der Waals surface area contributed by atoms with Crippen LogP contribution in [0.1, 0.15) is 24.2 Å². The van der Waals surface area contributed by atoms with Gasteiger partial charge in [-0.15, -0.1) is 10.2 Å². The first kappa shape index (κ1) is 19.0. The molecule has 1 fully saturated rings. The van der Waals surface area contributed by atoms with Gasteiger partial charge in [-0.2, -0.15) is 10.2 Å². The van der Waals surface area contributed by atoms with E-state index in [0.29, 0.717) is 18.9 Å². The van der Waals surface area contributed by atoms with E-state index in [0.717, 1.165) is 43.1 Å². The van der Waals surface area contributed by atoms with E-state index < -0.39 is 0 Å². The zero-order valence-electron chi connectivity index (χ0n) is 16.7. The Morgan fingerprint density at radius 2 is 1.93 bits per heavy atom. The fourth-order valence-electron chi connectivity index (χ4n) is 3.64. The maximum atomic E-state index is 12.5. The largest absolute Gasteiger partial charge is 0.355 e. The van der Waals surface area contributed by atoms with E-state index >= 15 is 0 Å². The van der Waals surface area contributed by atoms with Gasteiger partial charge in [-0.1, -0.05) is 0 Å². The Labute approximate surface area is 169 Å². The summed E-state index contributed by atoms with van der Waals surface area (Å²) in [4.78, 5) is 18.6. The molecule has 10 heteroatoms. The number of hydrogen-bond acceptors (Lipinski definition) is 7. The van der Waals surface area contributed by atoms with E-state index in [2.05, 4.69) is 35.6 Å². The van der Waals surface area contributed by atoms with Crippen molar-refractivity contribution in [2.75, 3.05) is 24.5 Å². The van der Waals surface area contributed by atoms with Crippen molar-refractivity contribution in [3.05, 3.63) is 42.2 Å². The van der Waals surface area contributed by atoms with E-state index in [1.54, 1.807) is 11.0 Å². The lowest BCUT2D eigenvalue weighted by Gasteiger charge is -2.31. The van der Waals surface area contributed by atoms with Gasteiger partial charge in [-0.05, 0) is 44.9 Å². The molecule has 4 rings (SSSR count). The van der Waals surface area contributed by atoms with Gasteiger partial charge in [0.05, 0.1) is 12.2 Å². The summed E-state index contributed by atoms with van der Waals surface area (Å²) < 4.78 is 3.50. The number of hydrogen-bond donors (Lipinski definition) is 1. The summed E-state index contributed by atoms with van der Waals surface area (Å²) in [5, 5.41) is 20.0. The molecule has 0 atom stereocenters. The number of amides is 1. The number of nitrogens with one attached hydrogen (secondary N) is 1. The number of piperidine rings is 1. The molecule has 152 valence electrons. The maximum Gasteiger partial charge on any atom is 0.223 e. The average Bonchev–Trinajstić information content (AvgIpc) is 3.38. The van der Waals surface area contributed by atoms with Crippen LogP contribution < -0.4 is 10.2 Å². The van der Waals surface area contributed by atoms with Crippen molar-refractivity contribution < 1.29 is 4.79 Å². The fourth-order valence-corrected chi connectivity index (χ4v) is 3.64. The normalized spacial score (nSPS) is 14.9. The molecule has 0 unspecified atom stereocenters. The smallest absolute Gasteiger partial charge is 0.223 e. The van der Waals surface area contributed by atoms with Crippen LogP contribution in [0.15, 0.2) is 30.9 Å². The standard InChI is InChI=1S/C19H25N9O/c1-14-11-15(2)27(25-14)10-7-21-19(29)16-5-8-26(9-6-16)17-3-4-18(24-23-17)28-13-20-12-22-28/h3-4,11-13,16H,5-10H2,1-2H3,(H,21,29). The lowest BCUT2D eigenvalue weighted by molar-refractivity contribution is -0.125. The van der Waals surface area contributed by atoms with Gasteiger partial charge in [0.1, 0.15) is 12.7 Å². The van der Waals surface area contributed by atoms with Crippen molar-refractivity contribution in [2.24, 2.45) is 5.92 Å². The Balaban J connectivity index is 1.24. The third-order valence-electron chi connectivity index (χ3n) is 5.21. The zero-order chi connectivity index (χ0) is 20.2. The molecule has 3 aromatic heterocycles. The van der Waals surface area contributed by atoms with E-state index in [1.807, 2.05) is 36.7 Å². The summed E-state index contributed by atoms with van der Waals surface area (Å²) in [5.41, 5.74) is 2.11. The number of anilines is 1. The Bertz CT molecular complexity index is 941. The molecule has 0 spiro atoms. The van der Waals surface area contributed by atoms with Crippen LogP contribution >= 0.6 is 0 Å². The van der Waals surface area contributed by atoms with Crippen LogP contribution in [-0.4, -0.2) is 60.3 Å². The van der Waals surface area contributed by atoms with Gasteiger partial charge in [-0.25, -0.2) is 9.67 Å². The summed E-state index contributed by atoms with van der Waals surface area (Å²) in [6.45, 7) is 6.86. The molecule has 3 aromatic rings. The Morgan fingerprint density at radius 1 is 1.17 bits per heavy atom. The van der Waals surface area contributed by atoms with Crippen molar-refractivity contribution in [2.45, 2.75) is 33.2 Å². The first-order valence-electron chi connectivity index (χ1n) is 9.82. The first-order chi connectivity index (χ1) is 14.1. The van der Waals surface area contributed by atoms with Crippen molar-refractivity contribution in [1.29, 1.82) is 0 Å². The Hall–Kier alpha value is -3.30. The second-order valence-electron chi connectivity index (χ2n) is 7.29. The number of aromatic nitrogens is 7. The highest BCUT2D eigenvalue weighted by atomic mass is 16.1. The molecule has 0 aromatic carbocycles. The highest BCUT2D eigenvalue weighted by molar-refractivity contribution is 5.78. The maximum absolute atomic E-state index is 12.5. The van der Waals surface area contributed by atoms with Crippen LogP contribution in [-0.2, 0) is 11.3 Å². The number of rotatable bonds is 6. The monoisotopic (exact) mass is 395 g/mol. The first-order valence-corrected chi connectivity index (χ1v) is 9.82. The highest BCUT2D eigenvalue weighted by Gasteiger charge is 2.25. The van der Waals surface area contributed by atoms with Crippen LogP contribution in [0, 0.1) is 19.8 Å². The van der Waals surface area contributed by atoms with E-state index in [4.69, 9.17) is 0 Å². The Kier molecular flexibility index (Phi) is 5.50. The number of nitrogens with zero attached hydrogens (tertiary/aromatic N) is 8. The van der Waals surface area contributed by atoms with Crippen molar-refractivity contribution >= 4 is 11.7 Å². The molecular formula is C19H25N9O. The van der Waals surface area contributed by atoms with Crippen LogP contribution in [0.5, 0.6) is 0 Å². The SMILES string of the molecule is Cc1cc(C)n(CCNC(=O)C2CCN(c3ccc(-n4cncn4)nn3)CC2)n1. The predicted molar refractivity (Wildman–Crippen MR) is 107 cm³/mol.